The first-order valence-electron chi connectivity index (χ1n) is 10.3. The summed E-state index contributed by atoms with van der Waals surface area (Å²) in [6.07, 6.45) is 2.43. The highest BCUT2D eigenvalue weighted by Crippen LogP contribution is 2.33. The summed E-state index contributed by atoms with van der Waals surface area (Å²) in [7, 11) is 1.56. The molecule has 0 saturated carbocycles. The molecule has 7 heteroatoms. The molecule has 0 aliphatic carbocycles. The Morgan fingerprint density at radius 2 is 1.83 bits per heavy atom. The maximum Gasteiger partial charge on any atom is 0.278 e. The van der Waals surface area contributed by atoms with Gasteiger partial charge in [-0.1, -0.05) is 13.0 Å². The monoisotopic (exact) mass is 425 g/mol. The molecule has 1 N–H and O–H groups in total. The van der Waals surface area contributed by atoms with Gasteiger partial charge in [0.15, 0.2) is 0 Å². The van der Waals surface area contributed by atoms with Gasteiger partial charge in [0.05, 0.1) is 18.7 Å². The molecule has 1 saturated heterocycles. The van der Waals surface area contributed by atoms with E-state index in [0.29, 0.717) is 17.9 Å². The Bertz CT molecular complexity index is 929. The molecule has 1 aromatic heterocycles. The molecule has 6 nitrogen and oxygen atoms in total. The summed E-state index contributed by atoms with van der Waals surface area (Å²) in [4.78, 5) is 30.4. The predicted molar refractivity (Wildman–Crippen MR) is 121 cm³/mol. The second-order valence-electron chi connectivity index (χ2n) is 7.82. The Labute approximate surface area is 181 Å². The lowest BCUT2D eigenvalue weighted by Gasteiger charge is -2.32. The summed E-state index contributed by atoms with van der Waals surface area (Å²) in [6, 6.07) is 11.9. The molecule has 2 aromatic rings. The van der Waals surface area contributed by atoms with Crippen LogP contribution in [0, 0.1) is 5.92 Å². The van der Waals surface area contributed by atoms with Crippen molar-refractivity contribution >= 4 is 40.1 Å². The number of thiophene rings is 1. The molecule has 30 heavy (non-hydrogen) atoms. The topological polar surface area (TPSA) is 61.9 Å². The van der Waals surface area contributed by atoms with E-state index in [4.69, 9.17) is 4.74 Å². The second kappa shape index (κ2) is 9.02. The number of nitrogens with zero attached hydrogens (tertiary/aromatic N) is 2. The fraction of sp³-hybridized carbons (Fsp3) is 0.391. The highest BCUT2D eigenvalue weighted by atomic mass is 32.1. The van der Waals surface area contributed by atoms with Gasteiger partial charge in [0.1, 0.15) is 5.70 Å². The van der Waals surface area contributed by atoms with E-state index in [1.54, 1.807) is 7.11 Å². The van der Waals surface area contributed by atoms with E-state index in [2.05, 4.69) is 29.3 Å². The molecular weight excluding hydrogens is 398 g/mol. The van der Waals surface area contributed by atoms with Gasteiger partial charge in [-0.25, -0.2) is 0 Å². The Kier molecular flexibility index (Phi) is 6.20. The predicted octanol–water partition coefficient (Wildman–Crippen LogP) is 3.82. The molecule has 1 fully saturated rings. The van der Waals surface area contributed by atoms with Gasteiger partial charge in [0.2, 0.25) is 0 Å². The van der Waals surface area contributed by atoms with Crippen molar-refractivity contribution in [3.63, 3.8) is 0 Å². The van der Waals surface area contributed by atoms with Crippen LogP contribution in [0.5, 0.6) is 0 Å². The first-order valence-corrected chi connectivity index (χ1v) is 11.2. The van der Waals surface area contributed by atoms with Crippen LogP contribution in [0.3, 0.4) is 0 Å². The third kappa shape index (κ3) is 4.13. The number of piperidine rings is 1. The van der Waals surface area contributed by atoms with Crippen LogP contribution in [0.15, 0.2) is 47.5 Å². The van der Waals surface area contributed by atoms with E-state index in [-0.39, 0.29) is 18.4 Å². The minimum atomic E-state index is -0.311. The molecule has 0 bridgehead atoms. The fourth-order valence-electron chi connectivity index (χ4n) is 3.89. The largest absolute Gasteiger partial charge is 0.383 e. The molecule has 3 heterocycles. The SMILES string of the molecule is COCCN1C(=O)C(Nc2ccc(N3CCC(C)CC3)cc2)=C(c2cccs2)C1=O. The number of rotatable bonds is 7. The molecule has 0 spiro atoms. The van der Waals surface area contributed by atoms with Crippen molar-refractivity contribution in [2.45, 2.75) is 19.8 Å². The Balaban J connectivity index is 1.56. The van der Waals surface area contributed by atoms with E-state index >= 15 is 0 Å². The summed E-state index contributed by atoms with van der Waals surface area (Å²) in [5.74, 6) is 0.201. The zero-order chi connectivity index (χ0) is 21.1. The number of methoxy groups -OCH3 is 1. The van der Waals surface area contributed by atoms with Crippen LogP contribution in [0.2, 0.25) is 0 Å². The first-order chi connectivity index (χ1) is 14.6. The number of anilines is 2. The van der Waals surface area contributed by atoms with E-state index in [0.717, 1.165) is 29.6 Å². The van der Waals surface area contributed by atoms with E-state index in [1.807, 2.05) is 29.6 Å². The quantitative estimate of drug-likeness (QED) is 0.684. The second-order valence-corrected chi connectivity index (χ2v) is 8.77. The molecule has 0 atom stereocenters. The fourth-order valence-corrected chi connectivity index (χ4v) is 4.66. The zero-order valence-electron chi connectivity index (χ0n) is 17.4. The summed E-state index contributed by atoms with van der Waals surface area (Å²) in [6.45, 7) is 5.00. The third-order valence-electron chi connectivity index (χ3n) is 5.74. The standard InChI is InChI=1S/C23H27N3O3S/c1-16-9-11-25(12-10-16)18-7-5-17(6-8-18)24-21-20(19-4-3-15-30-19)22(27)26(23(21)28)13-14-29-2/h3-8,15-16,24H,9-14H2,1-2H3. The highest BCUT2D eigenvalue weighted by Gasteiger charge is 2.39. The number of carbonyl (C=O) groups is 2. The van der Waals surface area contributed by atoms with Gasteiger partial charge in [-0.05, 0) is 54.5 Å². The number of hydrogen-bond acceptors (Lipinski definition) is 6. The van der Waals surface area contributed by atoms with Crippen molar-refractivity contribution in [1.29, 1.82) is 0 Å². The summed E-state index contributed by atoms with van der Waals surface area (Å²) in [5, 5.41) is 5.12. The maximum atomic E-state index is 13.0. The number of nitrogens with one attached hydrogen (secondary N) is 1. The van der Waals surface area contributed by atoms with E-state index in [1.165, 1.54) is 34.8 Å². The van der Waals surface area contributed by atoms with Gasteiger partial charge >= 0.3 is 0 Å². The van der Waals surface area contributed by atoms with Gasteiger partial charge in [-0.3, -0.25) is 14.5 Å². The average molecular weight is 426 g/mol. The molecule has 0 unspecified atom stereocenters. The number of benzene rings is 1. The van der Waals surface area contributed by atoms with E-state index in [9.17, 15) is 9.59 Å². The zero-order valence-corrected chi connectivity index (χ0v) is 18.2. The average Bonchev–Trinajstić information content (AvgIpc) is 3.35. The minimum absolute atomic E-state index is 0.237. The van der Waals surface area contributed by atoms with Crippen molar-refractivity contribution in [3.05, 3.63) is 52.4 Å². The van der Waals surface area contributed by atoms with Crippen LogP contribution in [0.25, 0.3) is 5.57 Å². The molecule has 1 aromatic carbocycles. The van der Waals surface area contributed by atoms with Gasteiger partial charge in [0.25, 0.3) is 11.8 Å². The lowest BCUT2D eigenvalue weighted by Crippen LogP contribution is -2.35. The van der Waals surface area contributed by atoms with Crippen LogP contribution in [-0.4, -0.2) is 50.1 Å². The molecule has 2 amide bonds. The van der Waals surface area contributed by atoms with Crippen molar-refractivity contribution in [1.82, 2.24) is 4.90 Å². The Morgan fingerprint density at radius 3 is 2.47 bits per heavy atom. The number of carbonyl (C=O) groups excluding carboxylic acids is 2. The smallest absolute Gasteiger partial charge is 0.278 e. The summed E-state index contributed by atoms with van der Waals surface area (Å²) in [5.41, 5.74) is 2.75. The molecule has 0 radical (unpaired) electrons. The van der Waals surface area contributed by atoms with Crippen molar-refractivity contribution < 1.29 is 14.3 Å². The van der Waals surface area contributed by atoms with Crippen molar-refractivity contribution in [3.8, 4) is 0 Å². The van der Waals surface area contributed by atoms with Gasteiger partial charge in [-0.2, -0.15) is 0 Å². The van der Waals surface area contributed by atoms with Gasteiger partial charge in [-0.15, -0.1) is 11.3 Å². The summed E-state index contributed by atoms with van der Waals surface area (Å²) < 4.78 is 5.07. The van der Waals surface area contributed by atoms with Crippen LogP contribution in [0.4, 0.5) is 11.4 Å². The Morgan fingerprint density at radius 1 is 1.10 bits per heavy atom. The number of amides is 2. The number of hydrogen-bond donors (Lipinski definition) is 1. The number of ether oxygens (including phenoxy) is 1. The summed E-state index contributed by atoms with van der Waals surface area (Å²) >= 11 is 1.45. The van der Waals surface area contributed by atoms with Crippen LogP contribution in [-0.2, 0) is 14.3 Å². The molecule has 2 aliphatic heterocycles. The van der Waals surface area contributed by atoms with Crippen LogP contribution in [0.1, 0.15) is 24.6 Å². The number of imide groups is 1. The maximum absolute atomic E-state index is 13.0. The van der Waals surface area contributed by atoms with Gasteiger partial charge in [0, 0.05) is 36.5 Å². The van der Waals surface area contributed by atoms with Crippen LogP contribution >= 0.6 is 11.3 Å². The van der Waals surface area contributed by atoms with Crippen molar-refractivity contribution in [2.24, 2.45) is 5.92 Å². The minimum Gasteiger partial charge on any atom is -0.383 e. The van der Waals surface area contributed by atoms with Gasteiger partial charge < -0.3 is 15.0 Å². The molecule has 4 rings (SSSR count). The lowest BCUT2D eigenvalue weighted by atomic mass is 9.99. The lowest BCUT2D eigenvalue weighted by molar-refractivity contribution is -0.137. The van der Waals surface area contributed by atoms with Crippen molar-refractivity contribution in [2.75, 3.05) is 43.6 Å². The van der Waals surface area contributed by atoms with Crippen LogP contribution < -0.4 is 10.2 Å². The first kappa shape index (κ1) is 20.6. The van der Waals surface area contributed by atoms with E-state index < -0.39 is 0 Å². The normalized spacial score (nSPS) is 17.9. The highest BCUT2D eigenvalue weighted by molar-refractivity contribution is 7.11. The molecular formula is C23H27N3O3S. The Hall–Kier alpha value is -2.64. The molecule has 2 aliphatic rings. The molecule has 158 valence electrons. The third-order valence-corrected chi connectivity index (χ3v) is 6.63.